The monoisotopic (exact) mass is 295 g/mol. The Morgan fingerprint density at radius 1 is 0.714 bits per heavy atom. The fourth-order valence-electron chi connectivity index (χ4n) is 3.79. The summed E-state index contributed by atoms with van der Waals surface area (Å²) in [6.07, 6.45) is 21.8. The number of hydrogen-bond donors (Lipinski definition) is 1. The van der Waals surface area contributed by atoms with E-state index in [-0.39, 0.29) is 0 Å². The van der Waals surface area contributed by atoms with Gasteiger partial charge in [0, 0.05) is 6.04 Å². The van der Waals surface area contributed by atoms with E-state index < -0.39 is 0 Å². The normalized spacial score (nSPS) is 22.0. The van der Waals surface area contributed by atoms with Crippen molar-refractivity contribution in [2.24, 2.45) is 5.92 Å². The number of hydrogen-bond acceptors (Lipinski definition) is 1. The molecule has 0 aliphatic heterocycles. The lowest BCUT2D eigenvalue weighted by atomic mass is 9.98. The highest BCUT2D eigenvalue weighted by molar-refractivity contribution is 4.80. The van der Waals surface area contributed by atoms with E-state index in [9.17, 15) is 0 Å². The van der Waals surface area contributed by atoms with Gasteiger partial charge in [0.1, 0.15) is 0 Å². The minimum atomic E-state index is 0.845. The summed E-state index contributed by atoms with van der Waals surface area (Å²) in [5.74, 6) is 1.04. The van der Waals surface area contributed by atoms with Crippen LogP contribution in [0.15, 0.2) is 0 Å². The van der Waals surface area contributed by atoms with Gasteiger partial charge in [-0.1, -0.05) is 84.5 Å². The summed E-state index contributed by atoms with van der Waals surface area (Å²) in [4.78, 5) is 0. The summed E-state index contributed by atoms with van der Waals surface area (Å²) >= 11 is 0. The fourth-order valence-corrected chi connectivity index (χ4v) is 3.79. The standard InChI is InChI=1S/C20H41N/c1-3-5-6-7-8-9-10-11-12-13-14-19-15-16-20(18-19)21-17-4-2/h19-21H,3-18H2,1-2H3. The highest BCUT2D eigenvalue weighted by Gasteiger charge is 2.23. The van der Waals surface area contributed by atoms with Gasteiger partial charge in [0.05, 0.1) is 0 Å². The van der Waals surface area contributed by atoms with Gasteiger partial charge < -0.3 is 5.32 Å². The molecule has 0 bridgehead atoms. The zero-order chi connectivity index (χ0) is 15.2. The van der Waals surface area contributed by atoms with Crippen molar-refractivity contribution in [2.75, 3.05) is 6.54 Å². The molecule has 1 aliphatic carbocycles. The van der Waals surface area contributed by atoms with E-state index in [1.54, 1.807) is 0 Å². The van der Waals surface area contributed by atoms with Crippen LogP contribution in [0.5, 0.6) is 0 Å². The van der Waals surface area contributed by atoms with Crippen LogP contribution in [0.1, 0.15) is 110 Å². The molecular formula is C20H41N. The summed E-state index contributed by atoms with van der Waals surface area (Å²) in [5.41, 5.74) is 0. The molecule has 126 valence electrons. The molecule has 0 heterocycles. The molecule has 0 spiro atoms. The van der Waals surface area contributed by atoms with E-state index in [0.717, 1.165) is 12.0 Å². The molecule has 2 atom stereocenters. The van der Waals surface area contributed by atoms with Crippen LogP contribution in [0.3, 0.4) is 0 Å². The molecule has 1 saturated carbocycles. The third-order valence-corrected chi connectivity index (χ3v) is 5.19. The van der Waals surface area contributed by atoms with Crippen LogP contribution in [0.2, 0.25) is 0 Å². The summed E-state index contributed by atoms with van der Waals surface area (Å²) in [7, 11) is 0. The molecule has 1 heteroatoms. The lowest BCUT2D eigenvalue weighted by Crippen LogP contribution is -2.26. The predicted molar refractivity (Wildman–Crippen MR) is 95.9 cm³/mol. The third kappa shape index (κ3) is 10.3. The lowest BCUT2D eigenvalue weighted by molar-refractivity contribution is 0.439. The summed E-state index contributed by atoms with van der Waals surface area (Å²) in [6, 6.07) is 0.845. The van der Waals surface area contributed by atoms with Gasteiger partial charge >= 0.3 is 0 Å². The smallest absolute Gasteiger partial charge is 0.00698 e. The minimum Gasteiger partial charge on any atom is -0.314 e. The van der Waals surface area contributed by atoms with E-state index in [1.165, 1.54) is 103 Å². The zero-order valence-corrected chi connectivity index (χ0v) is 15.0. The first-order valence-corrected chi connectivity index (χ1v) is 10.1. The molecule has 21 heavy (non-hydrogen) atoms. The quantitative estimate of drug-likeness (QED) is 0.362. The van der Waals surface area contributed by atoms with Crippen LogP contribution < -0.4 is 5.32 Å². The largest absolute Gasteiger partial charge is 0.314 e. The van der Waals surface area contributed by atoms with E-state index in [2.05, 4.69) is 19.2 Å². The maximum atomic E-state index is 3.70. The molecule has 1 rings (SSSR count). The molecule has 1 fully saturated rings. The lowest BCUT2D eigenvalue weighted by Gasteiger charge is -2.12. The van der Waals surface area contributed by atoms with Crippen LogP contribution in [0, 0.1) is 5.92 Å². The van der Waals surface area contributed by atoms with Crippen molar-refractivity contribution in [3.05, 3.63) is 0 Å². The van der Waals surface area contributed by atoms with Crippen molar-refractivity contribution in [3.8, 4) is 0 Å². The molecule has 0 aromatic carbocycles. The second-order valence-electron chi connectivity index (χ2n) is 7.30. The molecule has 0 aromatic heterocycles. The number of rotatable bonds is 14. The van der Waals surface area contributed by atoms with Crippen molar-refractivity contribution in [1.29, 1.82) is 0 Å². The van der Waals surface area contributed by atoms with E-state index in [1.807, 2.05) is 0 Å². The number of nitrogens with one attached hydrogen (secondary N) is 1. The SMILES string of the molecule is CCCCCCCCCCCCC1CCC(NCCC)C1. The molecule has 0 amide bonds. The summed E-state index contributed by atoms with van der Waals surface area (Å²) in [6.45, 7) is 5.78. The van der Waals surface area contributed by atoms with Crippen molar-refractivity contribution >= 4 is 0 Å². The Hall–Kier alpha value is -0.0400. The molecular weight excluding hydrogens is 254 g/mol. The van der Waals surface area contributed by atoms with Gasteiger partial charge in [-0.05, 0) is 38.1 Å². The van der Waals surface area contributed by atoms with Crippen LogP contribution in [-0.4, -0.2) is 12.6 Å². The zero-order valence-electron chi connectivity index (χ0n) is 15.0. The highest BCUT2D eigenvalue weighted by Crippen LogP contribution is 2.30. The average molecular weight is 296 g/mol. The Bertz CT molecular complexity index is 214. The van der Waals surface area contributed by atoms with Crippen molar-refractivity contribution < 1.29 is 0 Å². The topological polar surface area (TPSA) is 12.0 Å². The Morgan fingerprint density at radius 3 is 1.95 bits per heavy atom. The van der Waals surface area contributed by atoms with Crippen LogP contribution in [0.25, 0.3) is 0 Å². The van der Waals surface area contributed by atoms with Gasteiger partial charge in [-0.3, -0.25) is 0 Å². The molecule has 1 aliphatic rings. The Balaban J connectivity index is 1.80. The van der Waals surface area contributed by atoms with Crippen molar-refractivity contribution in [2.45, 2.75) is 116 Å². The molecule has 0 saturated heterocycles. The molecule has 2 unspecified atom stereocenters. The number of unbranched alkanes of at least 4 members (excludes halogenated alkanes) is 9. The molecule has 1 N–H and O–H groups in total. The Morgan fingerprint density at radius 2 is 1.33 bits per heavy atom. The van der Waals surface area contributed by atoms with Crippen LogP contribution in [-0.2, 0) is 0 Å². The first kappa shape index (κ1) is 19.0. The summed E-state index contributed by atoms with van der Waals surface area (Å²) < 4.78 is 0. The highest BCUT2D eigenvalue weighted by atomic mass is 14.9. The van der Waals surface area contributed by atoms with E-state index in [0.29, 0.717) is 0 Å². The van der Waals surface area contributed by atoms with Gasteiger partial charge in [-0.15, -0.1) is 0 Å². The summed E-state index contributed by atoms with van der Waals surface area (Å²) in [5, 5.41) is 3.70. The van der Waals surface area contributed by atoms with Gasteiger partial charge in [-0.2, -0.15) is 0 Å². The first-order valence-electron chi connectivity index (χ1n) is 10.1. The molecule has 0 aromatic rings. The van der Waals surface area contributed by atoms with E-state index >= 15 is 0 Å². The van der Waals surface area contributed by atoms with Crippen molar-refractivity contribution in [3.63, 3.8) is 0 Å². The predicted octanol–water partition coefficient (Wildman–Crippen LogP) is 6.47. The maximum absolute atomic E-state index is 3.70. The third-order valence-electron chi connectivity index (χ3n) is 5.19. The Kier molecular flexibility index (Phi) is 12.3. The molecule has 1 nitrogen and oxygen atoms in total. The van der Waals surface area contributed by atoms with Crippen molar-refractivity contribution in [1.82, 2.24) is 5.32 Å². The van der Waals surface area contributed by atoms with E-state index in [4.69, 9.17) is 0 Å². The average Bonchev–Trinajstić information content (AvgIpc) is 2.95. The first-order chi connectivity index (χ1) is 10.4. The fraction of sp³-hybridized carbons (Fsp3) is 1.00. The second-order valence-corrected chi connectivity index (χ2v) is 7.30. The Labute approximate surface area is 134 Å². The van der Waals surface area contributed by atoms with Gasteiger partial charge in [0.15, 0.2) is 0 Å². The molecule has 0 radical (unpaired) electrons. The maximum Gasteiger partial charge on any atom is 0.00698 e. The van der Waals surface area contributed by atoms with Crippen LogP contribution in [0.4, 0.5) is 0 Å². The van der Waals surface area contributed by atoms with Gasteiger partial charge in [0.2, 0.25) is 0 Å². The van der Waals surface area contributed by atoms with Gasteiger partial charge in [0.25, 0.3) is 0 Å². The minimum absolute atomic E-state index is 0.845. The van der Waals surface area contributed by atoms with Crippen LogP contribution >= 0.6 is 0 Å². The van der Waals surface area contributed by atoms with Gasteiger partial charge in [-0.25, -0.2) is 0 Å². The second kappa shape index (κ2) is 13.6.